The number of rotatable bonds is 30. The Bertz CT molecular complexity index is 1010. The maximum atomic E-state index is 13.5. The van der Waals surface area contributed by atoms with E-state index in [1.165, 1.54) is 6.92 Å². The van der Waals surface area contributed by atoms with Crippen LogP contribution < -0.4 is 43.8 Å². The lowest BCUT2D eigenvalue weighted by Crippen LogP contribution is -2.58. The number of carboxylic acids is 1. The Kier molecular flexibility index (Phi) is 26.5. The van der Waals surface area contributed by atoms with Gasteiger partial charge < -0.3 is 48.9 Å². The highest BCUT2D eigenvalue weighted by Gasteiger charge is 2.31. The molecule has 5 amide bonds. The van der Waals surface area contributed by atoms with Gasteiger partial charge in [0, 0.05) is 6.42 Å². The number of nitrogens with one attached hydrogen (secondary N) is 5. The molecule has 0 aliphatic carbocycles. The summed E-state index contributed by atoms with van der Waals surface area (Å²) in [6.45, 7) is 8.59. The molecule has 0 aromatic rings. The monoisotopic (exact) mass is 713 g/mol. The van der Waals surface area contributed by atoms with Crippen molar-refractivity contribution in [2.24, 2.45) is 23.1 Å². The van der Waals surface area contributed by atoms with Gasteiger partial charge in [0.25, 0.3) is 0 Å². The summed E-state index contributed by atoms with van der Waals surface area (Å²) in [6.07, 6.45) is 9.78. The number of unbranched alkanes of at least 4 members (excludes halogenated alkanes) is 7. The van der Waals surface area contributed by atoms with E-state index in [1.54, 1.807) is 0 Å². The highest BCUT2D eigenvalue weighted by Crippen LogP contribution is 2.10. The third-order valence-corrected chi connectivity index (χ3v) is 8.34. The molecule has 0 rings (SSSR count). The fourth-order valence-corrected chi connectivity index (χ4v) is 5.35. The van der Waals surface area contributed by atoms with Crippen LogP contribution >= 0.6 is 0 Å². The summed E-state index contributed by atoms with van der Waals surface area (Å²) in [5.41, 5.74) is 16.8. The summed E-state index contributed by atoms with van der Waals surface area (Å²) >= 11 is 0. The predicted octanol–water partition coefficient (Wildman–Crippen LogP) is 1.31. The SMILES string of the molecule is CCCCCCCC(=O)N[C@@H](CCCCN)C(=O)N[C@@H](CC(C)C)C(=O)N[C@@H](C)C(=O)N[C@@H](CCCCN)C(=O)N[C@@H](CCCCN)C(=O)O. The molecule has 0 aromatic heterocycles. The fraction of sp³-hybridized carbons (Fsp3) is 0.829. The summed E-state index contributed by atoms with van der Waals surface area (Å²) < 4.78 is 0. The molecule has 0 aliphatic rings. The summed E-state index contributed by atoms with van der Waals surface area (Å²) in [4.78, 5) is 77.7. The Hall–Kier alpha value is -3.30. The molecule has 290 valence electrons. The van der Waals surface area contributed by atoms with Gasteiger partial charge in [-0.3, -0.25) is 24.0 Å². The zero-order valence-electron chi connectivity index (χ0n) is 31.0. The minimum Gasteiger partial charge on any atom is -0.480 e. The van der Waals surface area contributed by atoms with E-state index in [0.717, 1.165) is 32.1 Å². The molecule has 12 N–H and O–H groups in total. The predicted molar refractivity (Wildman–Crippen MR) is 195 cm³/mol. The Morgan fingerprint density at radius 3 is 1.44 bits per heavy atom. The Morgan fingerprint density at radius 2 is 0.960 bits per heavy atom. The van der Waals surface area contributed by atoms with Gasteiger partial charge in [-0.1, -0.05) is 46.5 Å². The van der Waals surface area contributed by atoms with E-state index < -0.39 is 59.8 Å². The van der Waals surface area contributed by atoms with E-state index >= 15 is 0 Å². The highest BCUT2D eigenvalue weighted by atomic mass is 16.4. The molecular formula is C35H68N8O7. The zero-order chi connectivity index (χ0) is 37.9. The third-order valence-electron chi connectivity index (χ3n) is 8.34. The van der Waals surface area contributed by atoms with E-state index in [9.17, 15) is 33.9 Å². The molecule has 15 nitrogen and oxygen atoms in total. The molecule has 0 heterocycles. The standard InChI is InChI=1S/C35H68N8O7/c1-5-6-7-8-9-19-30(44)40-26(16-10-13-20-36)32(46)43-29(23-24(2)3)34(48)39-25(4)31(45)41-27(17-11-14-21-37)33(47)42-28(35(49)50)18-12-15-22-38/h24-29H,5-23,36-38H2,1-4H3,(H,39,48)(H,40,44)(H,41,45)(H,42,47)(H,43,46)(H,49,50)/t25-,26-,27-,28-,29-/m0/s1. The number of carboxylic acid groups (broad SMARTS) is 1. The maximum Gasteiger partial charge on any atom is 0.326 e. The number of hydrogen-bond donors (Lipinski definition) is 9. The van der Waals surface area contributed by atoms with E-state index in [-0.39, 0.29) is 31.1 Å². The van der Waals surface area contributed by atoms with Gasteiger partial charge in [-0.15, -0.1) is 0 Å². The van der Waals surface area contributed by atoms with Gasteiger partial charge >= 0.3 is 5.97 Å². The molecule has 0 saturated carbocycles. The molecule has 15 heteroatoms. The fourth-order valence-electron chi connectivity index (χ4n) is 5.35. The second kappa shape index (κ2) is 28.4. The highest BCUT2D eigenvalue weighted by molar-refractivity contribution is 5.95. The van der Waals surface area contributed by atoms with Crippen LogP contribution in [-0.4, -0.2) is 90.5 Å². The van der Waals surface area contributed by atoms with E-state index in [4.69, 9.17) is 17.2 Å². The largest absolute Gasteiger partial charge is 0.480 e. The van der Waals surface area contributed by atoms with Crippen molar-refractivity contribution in [3.05, 3.63) is 0 Å². The lowest BCUT2D eigenvalue weighted by Gasteiger charge is -2.26. The van der Waals surface area contributed by atoms with Crippen LogP contribution in [-0.2, 0) is 28.8 Å². The minimum atomic E-state index is -1.19. The van der Waals surface area contributed by atoms with Crippen LogP contribution in [0.1, 0.15) is 130 Å². The van der Waals surface area contributed by atoms with Gasteiger partial charge in [-0.25, -0.2) is 4.79 Å². The van der Waals surface area contributed by atoms with Crippen LogP contribution in [0.2, 0.25) is 0 Å². The summed E-state index contributed by atoms with van der Waals surface area (Å²) in [6, 6.07) is -5.12. The quantitative estimate of drug-likeness (QED) is 0.0482. The molecule has 0 spiro atoms. The maximum absolute atomic E-state index is 13.5. The second-order valence-electron chi connectivity index (χ2n) is 13.5. The molecule has 0 bridgehead atoms. The smallest absolute Gasteiger partial charge is 0.326 e. The first-order valence-corrected chi connectivity index (χ1v) is 18.6. The van der Waals surface area contributed by atoms with Crippen LogP contribution in [0, 0.1) is 5.92 Å². The lowest BCUT2D eigenvalue weighted by molar-refractivity contribution is -0.142. The number of aliphatic carboxylic acids is 1. The van der Waals surface area contributed by atoms with Crippen molar-refractivity contribution >= 4 is 35.5 Å². The average Bonchev–Trinajstić information content (AvgIpc) is 3.06. The molecule has 0 radical (unpaired) electrons. The van der Waals surface area contributed by atoms with Crippen LogP contribution in [0.25, 0.3) is 0 Å². The molecular weight excluding hydrogens is 644 g/mol. The summed E-state index contributed by atoms with van der Waals surface area (Å²) in [5, 5.41) is 23.0. The molecule has 0 aromatic carbocycles. The number of hydrogen-bond acceptors (Lipinski definition) is 9. The first-order chi connectivity index (χ1) is 23.8. The van der Waals surface area contributed by atoms with Gasteiger partial charge in [0.2, 0.25) is 29.5 Å². The second-order valence-corrected chi connectivity index (χ2v) is 13.5. The Balaban J connectivity index is 5.63. The van der Waals surface area contributed by atoms with Gasteiger partial charge in [0.05, 0.1) is 0 Å². The van der Waals surface area contributed by atoms with Gasteiger partial charge in [0.1, 0.15) is 30.2 Å². The van der Waals surface area contributed by atoms with Gasteiger partial charge in [-0.05, 0) is 103 Å². The molecule has 0 fully saturated rings. The zero-order valence-corrected chi connectivity index (χ0v) is 31.0. The number of nitrogens with two attached hydrogens (primary N) is 3. The normalized spacial score (nSPS) is 14.2. The summed E-state index contributed by atoms with van der Waals surface area (Å²) in [7, 11) is 0. The van der Waals surface area contributed by atoms with Crippen molar-refractivity contribution in [2.45, 2.75) is 161 Å². The Labute approximate surface area is 299 Å². The van der Waals surface area contributed by atoms with Gasteiger partial charge in [-0.2, -0.15) is 0 Å². The van der Waals surface area contributed by atoms with E-state index in [0.29, 0.717) is 71.0 Å². The number of carbonyl (C=O) groups is 6. The van der Waals surface area contributed by atoms with Crippen molar-refractivity contribution in [1.82, 2.24) is 26.6 Å². The van der Waals surface area contributed by atoms with E-state index in [2.05, 4.69) is 33.5 Å². The van der Waals surface area contributed by atoms with Crippen molar-refractivity contribution in [3.8, 4) is 0 Å². The summed E-state index contributed by atoms with van der Waals surface area (Å²) in [5.74, 6) is -3.79. The first-order valence-electron chi connectivity index (χ1n) is 18.6. The third kappa shape index (κ3) is 21.7. The Morgan fingerprint density at radius 1 is 0.520 bits per heavy atom. The van der Waals surface area contributed by atoms with Crippen LogP contribution in [0.15, 0.2) is 0 Å². The van der Waals surface area contributed by atoms with Crippen molar-refractivity contribution in [3.63, 3.8) is 0 Å². The number of amides is 5. The van der Waals surface area contributed by atoms with E-state index in [1.807, 2.05) is 13.8 Å². The van der Waals surface area contributed by atoms with Crippen LogP contribution in [0.3, 0.4) is 0 Å². The molecule has 0 saturated heterocycles. The van der Waals surface area contributed by atoms with Crippen LogP contribution in [0.4, 0.5) is 0 Å². The number of carbonyl (C=O) groups excluding carboxylic acids is 5. The lowest BCUT2D eigenvalue weighted by atomic mass is 10.0. The van der Waals surface area contributed by atoms with Gasteiger partial charge in [0.15, 0.2) is 0 Å². The molecule has 5 atom stereocenters. The average molecular weight is 713 g/mol. The minimum absolute atomic E-state index is 0.00578. The first kappa shape index (κ1) is 46.7. The molecule has 0 unspecified atom stereocenters. The van der Waals surface area contributed by atoms with Crippen molar-refractivity contribution in [1.29, 1.82) is 0 Å². The topological polar surface area (TPSA) is 261 Å². The van der Waals surface area contributed by atoms with Crippen molar-refractivity contribution in [2.75, 3.05) is 19.6 Å². The van der Waals surface area contributed by atoms with Crippen molar-refractivity contribution < 1.29 is 33.9 Å². The van der Waals surface area contributed by atoms with Crippen LogP contribution in [0.5, 0.6) is 0 Å². The molecule has 50 heavy (non-hydrogen) atoms. The molecule has 0 aliphatic heterocycles.